The molecule has 2 fully saturated rings. The Morgan fingerprint density at radius 1 is 0.864 bits per heavy atom. The van der Waals surface area contributed by atoms with E-state index in [2.05, 4.69) is 34.1 Å². The van der Waals surface area contributed by atoms with Gasteiger partial charge in [-0.1, -0.05) is 12.8 Å². The number of nitroso groups, excluding NO2 is 1. The third-order valence-corrected chi connectivity index (χ3v) is 9.72. The van der Waals surface area contributed by atoms with Crippen LogP contribution in [-0.4, -0.2) is 82.1 Å². The van der Waals surface area contributed by atoms with Gasteiger partial charge in [0.15, 0.2) is 12.5 Å². The summed E-state index contributed by atoms with van der Waals surface area (Å²) in [5.74, 6) is 6.61. The van der Waals surface area contributed by atoms with E-state index in [9.17, 15) is 24.1 Å². The average molecular weight is 699 g/mol. The van der Waals surface area contributed by atoms with E-state index in [1.54, 1.807) is 9.80 Å². The summed E-state index contributed by atoms with van der Waals surface area (Å²) >= 11 is 10.8. The SMILES string of the molecule is NOSCCC(CCCCC(=O)N1CCCCC1OC=O)SN=O.O=COC1CCCCN1C(=O)CCCCC(S)CCS. The standard InChI is InChI=1S/C14H25N3O5S2.C14H25NO3S2/c15-22-23-10-8-12(24-16-20)5-1-2-6-13(19)17-9-4-3-7-14(17)21-11-18;16-11-18-14-7-3-4-9-15(14)13(17)6-2-1-5-12(20)8-10-19/h11-12,14H,1-10,15H2;11-12,14,19-20H,1-10H2. The largest absolute Gasteiger partial charge is 0.444 e. The maximum Gasteiger partial charge on any atom is 0.295 e. The van der Waals surface area contributed by atoms with Gasteiger partial charge < -0.3 is 19.3 Å². The van der Waals surface area contributed by atoms with Gasteiger partial charge in [-0.3, -0.25) is 19.2 Å². The predicted octanol–water partition coefficient (Wildman–Crippen LogP) is 5.45. The summed E-state index contributed by atoms with van der Waals surface area (Å²) in [5.41, 5.74) is 0. The monoisotopic (exact) mass is 698 g/mol. The molecule has 2 heterocycles. The molecular formula is C28H50N4O8S4. The van der Waals surface area contributed by atoms with Crippen molar-refractivity contribution in [3.05, 3.63) is 4.91 Å². The van der Waals surface area contributed by atoms with Gasteiger partial charge in [-0.25, -0.2) is 10.2 Å². The Bertz CT molecular complexity index is 820. The summed E-state index contributed by atoms with van der Waals surface area (Å²) in [6.07, 6.45) is 12.6. The highest BCUT2D eigenvalue weighted by Gasteiger charge is 2.28. The molecule has 12 nitrogen and oxygen atoms in total. The van der Waals surface area contributed by atoms with Crippen molar-refractivity contribution >= 4 is 74.0 Å². The summed E-state index contributed by atoms with van der Waals surface area (Å²) in [5, 5.41) is 0.491. The Labute approximate surface area is 281 Å². The number of nitrogens with two attached hydrogens (primary N) is 1. The van der Waals surface area contributed by atoms with E-state index in [0.717, 1.165) is 113 Å². The molecule has 16 heteroatoms. The van der Waals surface area contributed by atoms with Crippen molar-refractivity contribution in [2.24, 2.45) is 10.5 Å². The Morgan fingerprint density at radius 3 is 1.89 bits per heavy atom. The third kappa shape index (κ3) is 18.1. The zero-order valence-corrected chi connectivity index (χ0v) is 28.9. The van der Waals surface area contributed by atoms with Gasteiger partial charge in [-0.05, 0) is 70.0 Å². The first kappa shape index (κ1) is 40.8. The summed E-state index contributed by atoms with van der Waals surface area (Å²) in [4.78, 5) is 59.2. The lowest BCUT2D eigenvalue weighted by molar-refractivity contribution is -0.160. The number of amides is 2. The van der Waals surface area contributed by atoms with E-state index >= 15 is 0 Å². The van der Waals surface area contributed by atoms with Gasteiger partial charge in [0.25, 0.3) is 12.9 Å². The quantitative estimate of drug-likeness (QED) is 0.0251. The summed E-state index contributed by atoms with van der Waals surface area (Å²) in [6, 6.07) is 0. The van der Waals surface area contributed by atoms with Crippen LogP contribution in [0.1, 0.15) is 103 Å². The lowest BCUT2D eigenvalue weighted by atomic mass is 10.1. The fraction of sp³-hybridized carbons (Fsp3) is 0.857. The number of piperidine rings is 2. The number of thiol groups is 2. The van der Waals surface area contributed by atoms with E-state index < -0.39 is 6.23 Å². The van der Waals surface area contributed by atoms with Gasteiger partial charge in [0.05, 0.1) is 0 Å². The van der Waals surface area contributed by atoms with E-state index in [1.807, 2.05) is 0 Å². The van der Waals surface area contributed by atoms with Crippen LogP contribution in [0.15, 0.2) is 4.58 Å². The second-order valence-electron chi connectivity index (χ2n) is 10.7. The van der Waals surface area contributed by atoms with Crippen molar-refractivity contribution < 1.29 is 32.9 Å². The Morgan fingerprint density at radius 2 is 1.41 bits per heavy atom. The lowest BCUT2D eigenvalue weighted by Gasteiger charge is -2.34. The van der Waals surface area contributed by atoms with Gasteiger partial charge in [-0.15, -0.1) is 4.91 Å². The summed E-state index contributed by atoms with van der Waals surface area (Å²) < 4.78 is 17.3. The topological polar surface area (TPSA) is 158 Å². The smallest absolute Gasteiger partial charge is 0.295 e. The minimum absolute atomic E-state index is 0.0198. The molecule has 4 atom stereocenters. The van der Waals surface area contributed by atoms with Crippen molar-refractivity contribution in [1.29, 1.82) is 0 Å². The number of ether oxygens (including phenoxy) is 2. The molecule has 0 aromatic rings. The minimum Gasteiger partial charge on any atom is -0.444 e. The Balaban J connectivity index is 0.000000447. The van der Waals surface area contributed by atoms with E-state index in [-0.39, 0.29) is 23.3 Å². The number of hydrogen-bond acceptors (Lipinski definition) is 14. The molecular weight excluding hydrogens is 649 g/mol. The molecule has 2 amide bonds. The molecule has 2 saturated heterocycles. The molecule has 2 rings (SSSR count). The van der Waals surface area contributed by atoms with Crippen LogP contribution in [0.5, 0.6) is 0 Å². The zero-order valence-electron chi connectivity index (χ0n) is 25.5. The molecule has 0 bridgehead atoms. The second kappa shape index (κ2) is 27.0. The molecule has 44 heavy (non-hydrogen) atoms. The highest BCUT2D eigenvalue weighted by atomic mass is 32.2. The number of carbonyl (C=O) groups excluding carboxylic acids is 4. The van der Waals surface area contributed by atoms with Crippen molar-refractivity contribution in [2.45, 2.75) is 126 Å². The molecule has 0 aromatic heterocycles. The first-order valence-electron chi connectivity index (χ1n) is 15.4. The van der Waals surface area contributed by atoms with Crippen molar-refractivity contribution in [3.63, 3.8) is 0 Å². The molecule has 0 radical (unpaired) electrons. The van der Waals surface area contributed by atoms with Crippen LogP contribution < -0.4 is 5.90 Å². The zero-order chi connectivity index (χ0) is 32.4. The summed E-state index contributed by atoms with van der Waals surface area (Å²) in [7, 11) is 0. The van der Waals surface area contributed by atoms with Gasteiger partial charge in [0.1, 0.15) is 0 Å². The maximum atomic E-state index is 12.3. The highest BCUT2D eigenvalue weighted by molar-refractivity contribution is 7.98. The molecule has 2 aliphatic heterocycles. The van der Waals surface area contributed by atoms with Crippen LogP contribution in [0.25, 0.3) is 0 Å². The minimum atomic E-state index is -0.417. The molecule has 254 valence electrons. The van der Waals surface area contributed by atoms with Gasteiger partial charge >= 0.3 is 0 Å². The fourth-order valence-electron chi connectivity index (χ4n) is 5.21. The number of hydrogen-bond donors (Lipinski definition) is 3. The van der Waals surface area contributed by atoms with Gasteiger partial charge in [0, 0.05) is 83.6 Å². The van der Waals surface area contributed by atoms with Crippen LogP contribution in [0, 0.1) is 4.91 Å². The number of rotatable bonds is 22. The highest BCUT2D eigenvalue weighted by Crippen LogP contribution is 2.25. The number of likely N-dealkylation sites (tertiary alicyclic amines) is 2. The third-order valence-electron chi connectivity index (χ3n) is 7.55. The molecule has 0 spiro atoms. The summed E-state index contributed by atoms with van der Waals surface area (Å²) in [6.45, 7) is 2.19. The normalized spacial score (nSPS) is 19.6. The van der Waals surface area contributed by atoms with E-state index in [0.29, 0.717) is 56.3 Å². The van der Waals surface area contributed by atoms with E-state index in [1.165, 1.54) is 0 Å². The van der Waals surface area contributed by atoms with Crippen molar-refractivity contribution in [3.8, 4) is 0 Å². The Kier molecular flexibility index (Phi) is 25.0. The predicted molar refractivity (Wildman–Crippen MR) is 181 cm³/mol. The molecule has 0 aromatic carbocycles. The molecule has 2 aliphatic rings. The number of unbranched alkanes of at least 4 members (excludes halogenated alkanes) is 2. The van der Waals surface area contributed by atoms with Gasteiger partial charge in [-0.2, -0.15) is 25.3 Å². The lowest BCUT2D eigenvalue weighted by Crippen LogP contribution is -2.45. The number of nitrogens with zero attached hydrogens (tertiary/aromatic N) is 3. The van der Waals surface area contributed by atoms with Crippen LogP contribution >= 0.6 is 49.2 Å². The van der Waals surface area contributed by atoms with Crippen molar-refractivity contribution in [1.82, 2.24) is 9.80 Å². The maximum absolute atomic E-state index is 12.3. The first-order valence-corrected chi connectivity index (χ1v) is 18.3. The number of carbonyl (C=O) groups is 4. The van der Waals surface area contributed by atoms with Crippen LogP contribution in [0.3, 0.4) is 0 Å². The average Bonchev–Trinajstić information content (AvgIpc) is 3.02. The van der Waals surface area contributed by atoms with Gasteiger partial charge in [0.2, 0.25) is 11.8 Å². The molecule has 4 unspecified atom stereocenters. The first-order chi connectivity index (χ1) is 21.4. The van der Waals surface area contributed by atoms with E-state index in [4.69, 9.17) is 15.4 Å². The molecule has 0 aliphatic carbocycles. The molecule has 2 N–H and O–H groups in total. The van der Waals surface area contributed by atoms with Crippen LogP contribution in [0.2, 0.25) is 0 Å². The Hall–Kier alpha value is -1.20. The second-order valence-corrected chi connectivity index (χ2v) is 13.7. The van der Waals surface area contributed by atoms with Crippen LogP contribution in [0.4, 0.5) is 0 Å². The van der Waals surface area contributed by atoms with Crippen molar-refractivity contribution in [2.75, 3.05) is 24.6 Å². The molecule has 0 saturated carbocycles. The fourth-order valence-corrected chi connectivity index (χ4v) is 7.28. The van der Waals surface area contributed by atoms with Crippen LogP contribution in [-0.2, 0) is 32.9 Å².